The monoisotopic (exact) mass is 424 g/mol. The van der Waals surface area contributed by atoms with Crippen molar-refractivity contribution in [2.24, 2.45) is 0 Å². The molecule has 0 bridgehead atoms. The Balaban J connectivity index is 0.00000242. The number of hydrogen-bond acceptors (Lipinski definition) is 3. The molecule has 22 heavy (non-hydrogen) atoms. The number of para-hydroxylation sites is 1. The van der Waals surface area contributed by atoms with Gasteiger partial charge in [0.15, 0.2) is 0 Å². The zero-order valence-corrected chi connectivity index (χ0v) is 13.7. The Labute approximate surface area is 142 Å². The summed E-state index contributed by atoms with van der Waals surface area (Å²) in [4.78, 5) is 11.0. The molecule has 7 heteroatoms. The second-order valence-electron chi connectivity index (χ2n) is 4.11. The van der Waals surface area contributed by atoms with Crippen LogP contribution < -0.4 is 9.47 Å². The third-order valence-electron chi connectivity index (χ3n) is 2.72. The molecule has 0 aromatic heterocycles. The van der Waals surface area contributed by atoms with Crippen LogP contribution in [0.3, 0.4) is 0 Å². The van der Waals surface area contributed by atoms with E-state index < -0.39 is 12.1 Å². The number of esters is 1. The average molecular weight is 424 g/mol. The van der Waals surface area contributed by atoms with E-state index in [1.54, 1.807) is 36.4 Å². The SMILES string of the molecule is COc1ccc(-c2ccccc2OC(=O)C(F)(F)F)cc1.I. The summed E-state index contributed by atoms with van der Waals surface area (Å²) < 4.78 is 46.3. The minimum Gasteiger partial charge on any atom is -0.497 e. The minimum absolute atomic E-state index is 0. The third-order valence-corrected chi connectivity index (χ3v) is 2.72. The van der Waals surface area contributed by atoms with Crippen LogP contribution >= 0.6 is 24.0 Å². The lowest BCUT2D eigenvalue weighted by Gasteiger charge is -2.11. The maximum Gasteiger partial charge on any atom is 0.491 e. The maximum atomic E-state index is 12.3. The normalized spacial score (nSPS) is 10.5. The van der Waals surface area contributed by atoms with Gasteiger partial charge < -0.3 is 9.47 Å². The molecule has 2 aromatic rings. The van der Waals surface area contributed by atoms with E-state index in [4.69, 9.17) is 4.74 Å². The highest BCUT2D eigenvalue weighted by Crippen LogP contribution is 2.32. The van der Waals surface area contributed by atoms with Crippen LogP contribution in [0, 0.1) is 0 Å². The molecule has 0 saturated carbocycles. The zero-order valence-electron chi connectivity index (χ0n) is 11.4. The second kappa shape index (κ2) is 7.48. The Hall–Kier alpha value is -1.77. The number of hydrogen-bond donors (Lipinski definition) is 0. The molecular weight excluding hydrogens is 412 g/mol. The van der Waals surface area contributed by atoms with Crippen LogP contribution in [0.1, 0.15) is 0 Å². The van der Waals surface area contributed by atoms with Crippen molar-refractivity contribution in [1.29, 1.82) is 0 Å². The quantitative estimate of drug-likeness (QED) is 0.415. The van der Waals surface area contributed by atoms with Crippen LogP contribution in [0.2, 0.25) is 0 Å². The fourth-order valence-electron chi connectivity index (χ4n) is 1.72. The fourth-order valence-corrected chi connectivity index (χ4v) is 1.72. The summed E-state index contributed by atoms with van der Waals surface area (Å²) >= 11 is 0. The fraction of sp³-hybridized carbons (Fsp3) is 0.133. The van der Waals surface area contributed by atoms with Crippen LogP contribution in [-0.4, -0.2) is 19.3 Å². The summed E-state index contributed by atoms with van der Waals surface area (Å²) in [5.74, 6) is -1.78. The number of rotatable bonds is 3. The van der Waals surface area contributed by atoms with Gasteiger partial charge in [0.05, 0.1) is 7.11 Å². The lowest BCUT2D eigenvalue weighted by atomic mass is 10.0. The predicted octanol–water partition coefficient (Wildman–Crippen LogP) is 4.45. The number of carbonyl (C=O) groups excluding carboxylic acids is 1. The molecule has 118 valence electrons. The topological polar surface area (TPSA) is 35.5 Å². The first kappa shape index (κ1) is 18.3. The summed E-state index contributed by atoms with van der Waals surface area (Å²) in [5.41, 5.74) is 0.999. The van der Waals surface area contributed by atoms with E-state index in [1.807, 2.05) is 0 Å². The molecule has 0 amide bonds. The van der Waals surface area contributed by atoms with Gasteiger partial charge in [0.25, 0.3) is 0 Å². The van der Waals surface area contributed by atoms with E-state index in [-0.39, 0.29) is 29.7 Å². The average Bonchev–Trinajstić information content (AvgIpc) is 2.47. The molecule has 0 radical (unpaired) electrons. The van der Waals surface area contributed by atoms with Gasteiger partial charge >= 0.3 is 12.1 Å². The van der Waals surface area contributed by atoms with Crippen molar-refractivity contribution < 1.29 is 27.4 Å². The molecule has 0 fully saturated rings. The highest BCUT2D eigenvalue weighted by molar-refractivity contribution is 14.0. The molecular formula is C15H12F3IO3. The summed E-state index contributed by atoms with van der Waals surface area (Å²) in [6, 6.07) is 12.7. The molecule has 0 heterocycles. The van der Waals surface area contributed by atoms with E-state index in [0.29, 0.717) is 16.9 Å². The molecule has 2 rings (SSSR count). The maximum absolute atomic E-state index is 12.3. The zero-order chi connectivity index (χ0) is 15.5. The van der Waals surface area contributed by atoms with Crippen molar-refractivity contribution in [3.8, 4) is 22.6 Å². The number of halogens is 4. The van der Waals surface area contributed by atoms with Crippen LogP contribution in [0.5, 0.6) is 11.5 Å². The lowest BCUT2D eigenvalue weighted by Crippen LogP contribution is -2.28. The number of alkyl halides is 3. The number of ether oxygens (including phenoxy) is 2. The van der Waals surface area contributed by atoms with Crippen molar-refractivity contribution in [3.63, 3.8) is 0 Å². The molecule has 2 aromatic carbocycles. The van der Waals surface area contributed by atoms with Gasteiger partial charge in [0.1, 0.15) is 11.5 Å². The molecule has 0 spiro atoms. The highest BCUT2D eigenvalue weighted by atomic mass is 127. The van der Waals surface area contributed by atoms with Crippen LogP contribution in [0.15, 0.2) is 48.5 Å². The Bertz CT molecular complexity index is 639. The van der Waals surface area contributed by atoms with Gasteiger partial charge in [-0.1, -0.05) is 30.3 Å². The van der Waals surface area contributed by atoms with Crippen LogP contribution in [-0.2, 0) is 4.79 Å². The van der Waals surface area contributed by atoms with Gasteiger partial charge in [-0.2, -0.15) is 13.2 Å². The first-order chi connectivity index (χ1) is 9.91. The van der Waals surface area contributed by atoms with Crippen molar-refractivity contribution in [1.82, 2.24) is 0 Å². The highest BCUT2D eigenvalue weighted by Gasteiger charge is 2.41. The molecule has 0 aliphatic carbocycles. The van der Waals surface area contributed by atoms with Crippen LogP contribution in [0.25, 0.3) is 11.1 Å². The molecule has 0 unspecified atom stereocenters. The van der Waals surface area contributed by atoms with Gasteiger partial charge in [0.2, 0.25) is 0 Å². The van der Waals surface area contributed by atoms with Crippen molar-refractivity contribution in [2.75, 3.05) is 7.11 Å². The smallest absolute Gasteiger partial charge is 0.491 e. The van der Waals surface area contributed by atoms with Crippen LogP contribution in [0.4, 0.5) is 13.2 Å². The van der Waals surface area contributed by atoms with Crippen molar-refractivity contribution >= 4 is 29.9 Å². The molecule has 0 saturated heterocycles. The van der Waals surface area contributed by atoms with E-state index >= 15 is 0 Å². The van der Waals surface area contributed by atoms with E-state index in [1.165, 1.54) is 19.2 Å². The number of benzene rings is 2. The minimum atomic E-state index is -5.03. The molecule has 0 atom stereocenters. The first-order valence-electron chi connectivity index (χ1n) is 5.94. The Kier molecular flexibility index (Phi) is 6.21. The Morgan fingerprint density at radius 3 is 2.14 bits per heavy atom. The summed E-state index contributed by atoms with van der Waals surface area (Å²) in [5, 5.41) is 0. The van der Waals surface area contributed by atoms with E-state index in [9.17, 15) is 18.0 Å². The van der Waals surface area contributed by atoms with Crippen molar-refractivity contribution in [2.45, 2.75) is 6.18 Å². The first-order valence-corrected chi connectivity index (χ1v) is 5.94. The summed E-state index contributed by atoms with van der Waals surface area (Å²) in [6.45, 7) is 0. The summed E-state index contributed by atoms with van der Waals surface area (Å²) in [7, 11) is 1.51. The summed E-state index contributed by atoms with van der Waals surface area (Å²) in [6.07, 6.45) is -5.03. The second-order valence-corrected chi connectivity index (χ2v) is 4.11. The third kappa shape index (κ3) is 4.36. The van der Waals surface area contributed by atoms with Gasteiger partial charge in [-0.3, -0.25) is 0 Å². The lowest BCUT2D eigenvalue weighted by molar-refractivity contribution is -0.189. The largest absolute Gasteiger partial charge is 0.497 e. The van der Waals surface area contributed by atoms with Gasteiger partial charge in [-0.15, -0.1) is 24.0 Å². The molecule has 0 aliphatic heterocycles. The van der Waals surface area contributed by atoms with Crippen molar-refractivity contribution in [3.05, 3.63) is 48.5 Å². The standard InChI is InChI=1S/C15H11F3O3.HI/c1-20-11-8-6-10(7-9-11)12-4-2-3-5-13(12)21-14(19)15(16,17)18;/h2-9H,1H3;1H. The number of methoxy groups -OCH3 is 1. The number of carbonyl (C=O) groups is 1. The Morgan fingerprint density at radius 2 is 1.59 bits per heavy atom. The van der Waals surface area contributed by atoms with Gasteiger partial charge in [0, 0.05) is 5.56 Å². The predicted molar refractivity (Wildman–Crippen MR) is 85.5 cm³/mol. The molecule has 3 nitrogen and oxygen atoms in total. The Morgan fingerprint density at radius 1 is 1.00 bits per heavy atom. The van der Waals surface area contributed by atoms with Gasteiger partial charge in [-0.05, 0) is 23.8 Å². The van der Waals surface area contributed by atoms with E-state index in [2.05, 4.69) is 4.74 Å². The van der Waals surface area contributed by atoms with E-state index in [0.717, 1.165) is 0 Å². The molecule has 0 N–H and O–H groups in total. The van der Waals surface area contributed by atoms with Gasteiger partial charge in [-0.25, -0.2) is 4.79 Å². The molecule has 0 aliphatic rings.